The lowest BCUT2D eigenvalue weighted by atomic mass is 10.1. The zero-order valence-electron chi connectivity index (χ0n) is 10.6. The van der Waals surface area contributed by atoms with Gasteiger partial charge in [-0.25, -0.2) is 0 Å². The molecular formula is C16H15NO. The van der Waals surface area contributed by atoms with Crippen molar-refractivity contribution < 1.29 is 4.74 Å². The molecule has 0 aliphatic rings. The summed E-state index contributed by atoms with van der Waals surface area (Å²) in [4.78, 5) is 0. The number of benzene rings is 2. The quantitative estimate of drug-likeness (QED) is 0.814. The summed E-state index contributed by atoms with van der Waals surface area (Å²) in [5, 5.41) is 8.80. The number of aryl methyl sites for hydroxylation is 2. The molecule has 0 aromatic heterocycles. The van der Waals surface area contributed by atoms with Gasteiger partial charge in [-0.2, -0.15) is 5.26 Å². The van der Waals surface area contributed by atoms with Gasteiger partial charge >= 0.3 is 0 Å². The minimum Gasteiger partial charge on any atom is -0.489 e. The fraction of sp³-hybridized carbons (Fsp3) is 0.188. The predicted molar refractivity (Wildman–Crippen MR) is 71.4 cm³/mol. The molecule has 0 atom stereocenters. The van der Waals surface area contributed by atoms with Gasteiger partial charge in [0.05, 0.1) is 11.6 Å². The van der Waals surface area contributed by atoms with Gasteiger partial charge in [0.2, 0.25) is 0 Å². The Morgan fingerprint density at radius 2 is 1.78 bits per heavy atom. The van der Waals surface area contributed by atoms with E-state index in [-0.39, 0.29) is 0 Å². The lowest BCUT2D eigenvalue weighted by Gasteiger charge is -2.09. The van der Waals surface area contributed by atoms with Crippen molar-refractivity contribution in [2.24, 2.45) is 0 Å². The van der Waals surface area contributed by atoms with E-state index in [1.54, 1.807) is 6.07 Å². The predicted octanol–water partition coefficient (Wildman–Crippen LogP) is 3.75. The standard InChI is InChI=1S/C16H15NO/c1-12-3-5-14(6-4-12)11-18-16-8-7-15(10-17)9-13(16)2/h3-9H,11H2,1-2H3. The zero-order valence-corrected chi connectivity index (χ0v) is 10.6. The van der Waals surface area contributed by atoms with E-state index in [4.69, 9.17) is 10.00 Å². The van der Waals surface area contributed by atoms with Crippen LogP contribution in [0.1, 0.15) is 22.3 Å². The molecule has 2 nitrogen and oxygen atoms in total. The van der Waals surface area contributed by atoms with E-state index >= 15 is 0 Å². The molecule has 0 bridgehead atoms. The molecule has 0 radical (unpaired) electrons. The summed E-state index contributed by atoms with van der Waals surface area (Å²) >= 11 is 0. The maximum atomic E-state index is 8.80. The number of nitrogens with zero attached hydrogens (tertiary/aromatic N) is 1. The van der Waals surface area contributed by atoms with Crippen LogP contribution >= 0.6 is 0 Å². The SMILES string of the molecule is Cc1ccc(COc2ccc(C#N)cc2C)cc1. The second-order valence-electron chi connectivity index (χ2n) is 4.37. The largest absolute Gasteiger partial charge is 0.489 e. The second-order valence-corrected chi connectivity index (χ2v) is 4.37. The monoisotopic (exact) mass is 237 g/mol. The van der Waals surface area contributed by atoms with E-state index in [1.165, 1.54) is 5.56 Å². The van der Waals surface area contributed by atoms with Crippen LogP contribution in [0.25, 0.3) is 0 Å². The summed E-state index contributed by atoms with van der Waals surface area (Å²) in [5.74, 6) is 0.828. The summed E-state index contributed by atoms with van der Waals surface area (Å²) in [7, 11) is 0. The second kappa shape index (κ2) is 5.37. The van der Waals surface area contributed by atoms with Crippen LogP contribution in [-0.2, 0) is 6.61 Å². The molecule has 0 unspecified atom stereocenters. The molecular weight excluding hydrogens is 222 g/mol. The third-order valence-electron chi connectivity index (χ3n) is 2.82. The highest BCUT2D eigenvalue weighted by Crippen LogP contribution is 2.20. The lowest BCUT2D eigenvalue weighted by Crippen LogP contribution is -1.97. The summed E-state index contributed by atoms with van der Waals surface area (Å²) in [6.07, 6.45) is 0. The van der Waals surface area contributed by atoms with Crippen molar-refractivity contribution in [1.82, 2.24) is 0 Å². The van der Waals surface area contributed by atoms with Crippen molar-refractivity contribution in [3.8, 4) is 11.8 Å². The molecule has 18 heavy (non-hydrogen) atoms. The van der Waals surface area contributed by atoms with Crippen LogP contribution in [0, 0.1) is 25.2 Å². The van der Waals surface area contributed by atoms with Crippen LogP contribution in [0.4, 0.5) is 0 Å². The van der Waals surface area contributed by atoms with Crippen molar-refractivity contribution in [2.75, 3.05) is 0 Å². The molecule has 0 N–H and O–H groups in total. The molecule has 0 spiro atoms. The van der Waals surface area contributed by atoms with E-state index in [1.807, 2.05) is 19.1 Å². The molecule has 2 rings (SSSR count). The van der Waals surface area contributed by atoms with Gasteiger partial charge in [0, 0.05) is 0 Å². The fourth-order valence-corrected chi connectivity index (χ4v) is 1.73. The van der Waals surface area contributed by atoms with Gasteiger partial charge in [0.1, 0.15) is 12.4 Å². The first-order valence-electron chi connectivity index (χ1n) is 5.88. The molecule has 0 heterocycles. The average molecular weight is 237 g/mol. The maximum Gasteiger partial charge on any atom is 0.122 e. The summed E-state index contributed by atoms with van der Waals surface area (Å²) in [5.41, 5.74) is 4.04. The smallest absolute Gasteiger partial charge is 0.122 e. The van der Waals surface area contributed by atoms with Crippen molar-refractivity contribution in [1.29, 1.82) is 5.26 Å². The summed E-state index contributed by atoms with van der Waals surface area (Å²) in [6, 6.07) is 15.9. The molecule has 2 aromatic carbocycles. The van der Waals surface area contributed by atoms with Gasteiger partial charge in [0.15, 0.2) is 0 Å². The van der Waals surface area contributed by atoms with Crippen molar-refractivity contribution >= 4 is 0 Å². The molecule has 90 valence electrons. The third kappa shape index (κ3) is 2.89. The Morgan fingerprint density at radius 1 is 1.06 bits per heavy atom. The molecule has 2 aromatic rings. The topological polar surface area (TPSA) is 33.0 Å². The fourth-order valence-electron chi connectivity index (χ4n) is 1.73. The van der Waals surface area contributed by atoms with E-state index in [9.17, 15) is 0 Å². The van der Waals surface area contributed by atoms with Gasteiger partial charge in [-0.05, 0) is 43.2 Å². The molecule has 2 heteroatoms. The first-order chi connectivity index (χ1) is 8.69. The Balaban J connectivity index is 2.06. The van der Waals surface area contributed by atoms with Gasteiger partial charge in [-0.3, -0.25) is 0 Å². The number of ether oxygens (including phenoxy) is 1. The summed E-state index contributed by atoms with van der Waals surface area (Å²) < 4.78 is 5.75. The number of nitriles is 1. The minimum atomic E-state index is 0.549. The Labute approximate surface area is 107 Å². The highest BCUT2D eigenvalue weighted by Gasteiger charge is 2.01. The Hall–Kier alpha value is -2.27. The number of rotatable bonds is 3. The van der Waals surface area contributed by atoms with Gasteiger partial charge in [-0.15, -0.1) is 0 Å². The minimum absolute atomic E-state index is 0.549. The van der Waals surface area contributed by atoms with Crippen LogP contribution < -0.4 is 4.74 Å². The van der Waals surface area contributed by atoms with Crippen LogP contribution in [0.15, 0.2) is 42.5 Å². The zero-order chi connectivity index (χ0) is 13.0. The molecule has 0 fully saturated rings. The van der Waals surface area contributed by atoms with Gasteiger partial charge in [-0.1, -0.05) is 29.8 Å². The highest BCUT2D eigenvalue weighted by molar-refractivity contribution is 5.41. The molecule has 0 aliphatic heterocycles. The van der Waals surface area contributed by atoms with Crippen molar-refractivity contribution in [2.45, 2.75) is 20.5 Å². The van der Waals surface area contributed by atoms with Crippen LogP contribution in [0.2, 0.25) is 0 Å². The average Bonchev–Trinajstić information content (AvgIpc) is 2.39. The van der Waals surface area contributed by atoms with E-state index in [0.29, 0.717) is 12.2 Å². The first-order valence-corrected chi connectivity index (χ1v) is 5.88. The van der Waals surface area contributed by atoms with Crippen molar-refractivity contribution in [3.05, 3.63) is 64.7 Å². The molecule has 0 saturated heterocycles. The van der Waals surface area contributed by atoms with Crippen LogP contribution in [-0.4, -0.2) is 0 Å². The van der Waals surface area contributed by atoms with Crippen molar-refractivity contribution in [3.63, 3.8) is 0 Å². The Kier molecular flexibility index (Phi) is 3.64. The Morgan fingerprint density at radius 3 is 2.39 bits per heavy atom. The summed E-state index contributed by atoms with van der Waals surface area (Å²) in [6.45, 7) is 4.56. The normalized spacial score (nSPS) is 9.83. The Bertz CT molecular complexity index is 579. The molecule has 0 saturated carbocycles. The highest BCUT2D eigenvalue weighted by atomic mass is 16.5. The molecule has 0 aliphatic carbocycles. The van der Waals surface area contributed by atoms with E-state index < -0.39 is 0 Å². The third-order valence-corrected chi connectivity index (χ3v) is 2.82. The first kappa shape index (κ1) is 12.2. The van der Waals surface area contributed by atoms with Gasteiger partial charge in [0.25, 0.3) is 0 Å². The van der Waals surface area contributed by atoms with Gasteiger partial charge < -0.3 is 4.74 Å². The van der Waals surface area contributed by atoms with Crippen LogP contribution in [0.3, 0.4) is 0 Å². The van der Waals surface area contributed by atoms with Crippen LogP contribution in [0.5, 0.6) is 5.75 Å². The van der Waals surface area contributed by atoms with E-state index in [0.717, 1.165) is 16.9 Å². The number of hydrogen-bond donors (Lipinski definition) is 0. The van der Waals surface area contributed by atoms with E-state index in [2.05, 4.69) is 37.3 Å². The lowest BCUT2D eigenvalue weighted by molar-refractivity contribution is 0.304. The maximum absolute atomic E-state index is 8.80. The number of hydrogen-bond acceptors (Lipinski definition) is 2. The molecule has 0 amide bonds.